The van der Waals surface area contributed by atoms with Gasteiger partial charge < -0.3 is 10.2 Å². The molecule has 3 rings (SSSR count). The van der Waals surface area contributed by atoms with Crippen molar-refractivity contribution >= 4 is 11.6 Å². The Hall–Kier alpha value is -1.55. The molecule has 1 N–H and O–H groups in total. The largest absolute Gasteiger partial charge is 0.369 e. The van der Waals surface area contributed by atoms with E-state index in [1.807, 2.05) is 0 Å². The highest BCUT2D eigenvalue weighted by Gasteiger charge is 2.19. The summed E-state index contributed by atoms with van der Waals surface area (Å²) in [7, 11) is 0. The lowest BCUT2D eigenvalue weighted by Gasteiger charge is -2.36. The van der Waals surface area contributed by atoms with Gasteiger partial charge in [-0.2, -0.15) is 0 Å². The molecule has 1 heterocycles. The van der Waals surface area contributed by atoms with Crippen molar-refractivity contribution in [3.63, 3.8) is 0 Å². The number of nitrogens with zero attached hydrogens (tertiary/aromatic N) is 2. The van der Waals surface area contributed by atoms with Crippen LogP contribution in [-0.4, -0.2) is 49.6 Å². The van der Waals surface area contributed by atoms with Gasteiger partial charge in [0.05, 0.1) is 0 Å². The quantitative estimate of drug-likeness (QED) is 0.844. The Morgan fingerprint density at radius 2 is 1.62 bits per heavy atom. The number of hydrogen-bond acceptors (Lipinski definition) is 3. The van der Waals surface area contributed by atoms with Crippen LogP contribution in [-0.2, 0) is 4.79 Å². The first kappa shape index (κ1) is 17.3. The van der Waals surface area contributed by atoms with Gasteiger partial charge in [-0.1, -0.05) is 43.9 Å². The standard InChI is InChI=1S/C20H31N3O/c24-20(21-18-8-4-1-2-5-9-18)12-13-22-14-16-23(17-15-22)19-10-6-3-7-11-19/h3,6-7,10-11,18H,1-2,4-5,8-9,12-17H2,(H,21,24). The summed E-state index contributed by atoms with van der Waals surface area (Å²) in [6, 6.07) is 11.0. The summed E-state index contributed by atoms with van der Waals surface area (Å²) in [5.74, 6) is 0.243. The second kappa shape index (κ2) is 9.07. The van der Waals surface area contributed by atoms with Crippen molar-refractivity contribution in [2.75, 3.05) is 37.6 Å². The van der Waals surface area contributed by atoms with Crippen LogP contribution < -0.4 is 10.2 Å². The van der Waals surface area contributed by atoms with Gasteiger partial charge in [-0.15, -0.1) is 0 Å². The van der Waals surface area contributed by atoms with Crippen molar-refractivity contribution < 1.29 is 4.79 Å². The molecule has 0 radical (unpaired) electrons. The Balaban J connectivity index is 1.35. The summed E-state index contributed by atoms with van der Waals surface area (Å²) in [4.78, 5) is 17.1. The molecular formula is C20H31N3O. The first-order valence-electron chi connectivity index (χ1n) is 9.63. The fraction of sp³-hybridized carbons (Fsp3) is 0.650. The lowest BCUT2D eigenvalue weighted by Crippen LogP contribution is -2.47. The number of carbonyl (C=O) groups excluding carboxylic acids is 1. The second-order valence-electron chi connectivity index (χ2n) is 7.17. The number of rotatable bonds is 5. The van der Waals surface area contributed by atoms with E-state index in [9.17, 15) is 4.79 Å². The molecule has 0 aromatic heterocycles. The van der Waals surface area contributed by atoms with E-state index in [2.05, 4.69) is 45.4 Å². The number of benzene rings is 1. The first-order valence-corrected chi connectivity index (χ1v) is 9.63. The van der Waals surface area contributed by atoms with Gasteiger partial charge in [-0.05, 0) is 25.0 Å². The predicted octanol–water partition coefficient (Wildman–Crippen LogP) is 3.04. The first-order chi connectivity index (χ1) is 11.8. The Morgan fingerprint density at radius 3 is 2.29 bits per heavy atom. The monoisotopic (exact) mass is 329 g/mol. The normalized spacial score (nSPS) is 20.6. The van der Waals surface area contributed by atoms with Crippen LogP contribution >= 0.6 is 0 Å². The molecule has 1 aromatic carbocycles. The minimum absolute atomic E-state index is 0.243. The highest BCUT2D eigenvalue weighted by Crippen LogP contribution is 2.18. The third-order valence-electron chi connectivity index (χ3n) is 5.37. The molecule has 4 nitrogen and oxygen atoms in total. The summed E-state index contributed by atoms with van der Waals surface area (Å²) in [6.45, 7) is 5.08. The summed E-state index contributed by atoms with van der Waals surface area (Å²) < 4.78 is 0. The number of carbonyl (C=O) groups is 1. The lowest BCUT2D eigenvalue weighted by atomic mass is 10.1. The van der Waals surface area contributed by atoms with Crippen LogP contribution in [0.4, 0.5) is 5.69 Å². The van der Waals surface area contributed by atoms with Gasteiger partial charge in [0.25, 0.3) is 0 Å². The lowest BCUT2D eigenvalue weighted by molar-refractivity contribution is -0.122. The zero-order chi connectivity index (χ0) is 16.6. The van der Waals surface area contributed by atoms with E-state index in [1.54, 1.807) is 0 Å². The highest BCUT2D eigenvalue weighted by molar-refractivity contribution is 5.76. The van der Waals surface area contributed by atoms with Gasteiger partial charge in [-0.3, -0.25) is 9.69 Å². The summed E-state index contributed by atoms with van der Waals surface area (Å²) in [5, 5.41) is 3.26. The predicted molar refractivity (Wildman–Crippen MR) is 99.3 cm³/mol. The fourth-order valence-corrected chi connectivity index (χ4v) is 3.85. The van der Waals surface area contributed by atoms with Crippen LogP contribution in [0.5, 0.6) is 0 Å². The van der Waals surface area contributed by atoms with Gasteiger partial charge >= 0.3 is 0 Å². The van der Waals surface area contributed by atoms with Crippen molar-refractivity contribution in [2.45, 2.75) is 51.0 Å². The molecule has 0 atom stereocenters. The van der Waals surface area contributed by atoms with Gasteiger partial charge in [0.15, 0.2) is 0 Å². The molecule has 4 heteroatoms. The summed E-state index contributed by atoms with van der Waals surface area (Å²) in [5.41, 5.74) is 1.31. The van der Waals surface area contributed by atoms with E-state index in [0.29, 0.717) is 12.5 Å². The van der Waals surface area contributed by atoms with E-state index >= 15 is 0 Å². The summed E-state index contributed by atoms with van der Waals surface area (Å²) >= 11 is 0. The van der Waals surface area contributed by atoms with Crippen LogP contribution in [0.3, 0.4) is 0 Å². The molecule has 1 aliphatic carbocycles. The molecule has 0 unspecified atom stereocenters. The number of hydrogen-bond donors (Lipinski definition) is 1. The van der Waals surface area contributed by atoms with Crippen LogP contribution in [0.15, 0.2) is 30.3 Å². The smallest absolute Gasteiger partial charge is 0.221 e. The van der Waals surface area contributed by atoms with E-state index in [-0.39, 0.29) is 5.91 Å². The Morgan fingerprint density at radius 1 is 0.958 bits per heavy atom. The van der Waals surface area contributed by atoms with Crippen LogP contribution in [0, 0.1) is 0 Å². The minimum atomic E-state index is 0.243. The fourth-order valence-electron chi connectivity index (χ4n) is 3.85. The van der Waals surface area contributed by atoms with Gasteiger partial charge in [0.2, 0.25) is 5.91 Å². The number of amides is 1. The van der Waals surface area contributed by atoms with Crippen molar-refractivity contribution in [3.8, 4) is 0 Å². The molecule has 24 heavy (non-hydrogen) atoms. The Kier molecular flexibility index (Phi) is 6.53. The number of anilines is 1. The molecule has 2 fully saturated rings. The van der Waals surface area contributed by atoms with E-state index in [0.717, 1.165) is 32.7 Å². The molecular weight excluding hydrogens is 298 g/mol. The van der Waals surface area contributed by atoms with Crippen LogP contribution in [0.2, 0.25) is 0 Å². The van der Waals surface area contributed by atoms with E-state index in [1.165, 1.54) is 44.2 Å². The van der Waals surface area contributed by atoms with E-state index < -0.39 is 0 Å². The zero-order valence-electron chi connectivity index (χ0n) is 14.8. The molecule has 1 aromatic rings. The maximum absolute atomic E-state index is 12.2. The highest BCUT2D eigenvalue weighted by atomic mass is 16.1. The van der Waals surface area contributed by atoms with E-state index in [4.69, 9.17) is 0 Å². The maximum atomic E-state index is 12.2. The van der Waals surface area contributed by atoms with Crippen LogP contribution in [0.25, 0.3) is 0 Å². The average molecular weight is 329 g/mol. The topological polar surface area (TPSA) is 35.6 Å². The molecule has 1 saturated heterocycles. The van der Waals surface area contributed by atoms with Gasteiger partial charge in [-0.25, -0.2) is 0 Å². The van der Waals surface area contributed by atoms with Gasteiger partial charge in [0.1, 0.15) is 0 Å². The molecule has 1 saturated carbocycles. The van der Waals surface area contributed by atoms with Crippen molar-refractivity contribution in [1.29, 1.82) is 0 Å². The second-order valence-corrected chi connectivity index (χ2v) is 7.17. The molecule has 1 aliphatic heterocycles. The Labute approximate surface area is 146 Å². The van der Waals surface area contributed by atoms with Crippen molar-refractivity contribution in [1.82, 2.24) is 10.2 Å². The Bertz CT molecular complexity index is 489. The van der Waals surface area contributed by atoms with Crippen LogP contribution in [0.1, 0.15) is 44.9 Å². The average Bonchev–Trinajstić information content (AvgIpc) is 2.90. The molecule has 2 aliphatic rings. The van der Waals surface area contributed by atoms with Crippen molar-refractivity contribution in [3.05, 3.63) is 30.3 Å². The van der Waals surface area contributed by atoms with Gasteiger partial charge in [0, 0.05) is 50.9 Å². The SMILES string of the molecule is O=C(CCN1CCN(c2ccccc2)CC1)NC1CCCCCC1. The summed E-state index contributed by atoms with van der Waals surface area (Å²) in [6.07, 6.45) is 8.18. The number of piperazine rings is 1. The third-order valence-corrected chi connectivity index (χ3v) is 5.37. The number of nitrogens with one attached hydrogen (secondary N) is 1. The molecule has 0 spiro atoms. The molecule has 0 bridgehead atoms. The minimum Gasteiger partial charge on any atom is -0.369 e. The molecule has 1 amide bonds. The third kappa shape index (κ3) is 5.23. The maximum Gasteiger partial charge on any atom is 0.221 e. The number of para-hydroxylation sites is 1. The zero-order valence-corrected chi connectivity index (χ0v) is 14.8. The van der Waals surface area contributed by atoms with Crippen molar-refractivity contribution in [2.24, 2.45) is 0 Å². The molecule has 132 valence electrons.